The van der Waals surface area contributed by atoms with E-state index in [0.29, 0.717) is 30.5 Å². The average Bonchev–Trinajstić information content (AvgIpc) is 2.13. The Kier molecular flexibility index (Phi) is 7.44. The molecule has 0 spiro atoms. The van der Waals surface area contributed by atoms with Gasteiger partial charge in [0.1, 0.15) is 0 Å². The lowest BCUT2D eigenvalue weighted by Crippen LogP contribution is -2.29. The molecule has 0 aromatic rings. The number of nitrogens with one attached hydrogen (secondary N) is 1. The largest absolute Gasteiger partial charge is 0.351 e. The van der Waals surface area contributed by atoms with E-state index in [-0.39, 0.29) is 11.8 Å². The van der Waals surface area contributed by atoms with Gasteiger partial charge in [-0.25, -0.2) is 0 Å². The molecule has 15 heavy (non-hydrogen) atoms. The molecule has 0 radical (unpaired) electrons. The first-order chi connectivity index (χ1) is 6.95. The van der Waals surface area contributed by atoms with E-state index < -0.39 is 0 Å². The van der Waals surface area contributed by atoms with Crippen LogP contribution in [0, 0.1) is 11.8 Å². The van der Waals surface area contributed by atoms with Gasteiger partial charge < -0.3 is 11.1 Å². The molecule has 88 valence electrons. The van der Waals surface area contributed by atoms with Gasteiger partial charge in [-0.15, -0.1) is 0 Å². The van der Waals surface area contributed by atoms with Gasteiger partial charge >= 0.3 is 0 Å². The van der Waals surface area contributed by atoms with Gasteiger partial charge in [0.25, 0.3) is 0 Å². The molecule has 0 saturated heterocycles. The van der Waals surface area contributed by atoms with E-state index in [0.717, 1.165) is 6.42 Å². The minimum absolute atomic E-state index is 0.00657. The smallest absolute Gasteiger partial charge is 0.220 e. The third-order valence-corrected chi connectivity index (χ3v) is 2.22. The van der Waals surface area contributed by atoms with E-state index in [2.05, 4.69) is 25.7 Å². The molecule has 1 unspecified atom stereocenters. The van der Waals surface area contributed by atoms with Crippen LogP contribution in [0.25, 0.3) is 0 Å². The molecule has 0 fully saturated rings. The van der Waals surface area contributed by atoms with Crippen molar-refractivity contribution < 1.29 is 4.79 Å². The van der Waals surface area contributed by atoms with Crippen molar-refractivity contribution >= 4 is 17.5 Å². The molecule has 1 amide bonds. The summed E-state index contributed by atoms with van der Waals surface area (Å²) in [5.41, 5.74) is 5.60. The Bertz CT molecular complexity index is 217. The van der Waals surface area contributed by atoms with Gasteiger partial charge in [0.05, 0.1) is 6.54 Å². The molecule has 0 rings (SSSR count). The topological polar surface area (TPSA) is 55.1 Å². The molecule has 0 aliphatic carbocycles. The summed E-state index contributed by atoms with van der Waals surface area (Å²) in [6.07, 6.45) is 1.45. The van der Waals surface area contributed by atoms with Crippen molar-refractivity contribution in [3.05, 3.63) is 11.6 Å². The second-order valence-corrected chi connectivity index (χ2v) is 4.76. The van der Waals surface area contributed by atoms with Crippen molar-refractivity contribution in [2.75, 3.05) is 13.1 Å². The average molecular weight is 233 g/mol. The van der Waals surface area contributed by atoms with Gasteiger partial charge in [0.2, 0.25) is 5.91 Å². The van der Waals surface area contributed by atoms with E-state index in [4.69, 9.17) is 17.3 Å². The van der Waals surface area contributed by atoms with Gasteiger partial charge in [-0.3, -0.25) is 4.79 Å². The summed E-state index contributed by atoms with van der Waals surface area (Å²) >= 11 is 5.54. The first-order valence-corrected chi connectivity index (χ1v) is 5.63. The summed E-state index contributed by atoms with van der Waals surface area (Å²) in [6, 6.07) is 0. The van der Waals surface area contributed by atoms with Gasteiger partial charge in [0, 0.05) is 11.5 Å². The van der Waals surface area contributed by atoms with Crippen LogP contribution in [0.4, 0.5) is 0 Å². The fourth-order valence-electron chi connectivity index (χ4n) is 1.46. The first kappa shape index (κ1) is 14.5. The standard InChI is InChI=1S/C11H21ClN2O/c1-8(2)4-10(6-13)5-11(15)14-7-9(3)12/h8,10H,3-7,13H2,1-2H3,(H,14,15). The second kappa shape index (κ2) is 7.71. The summed E-state index contributed by atoms with van der Waals surface area (Å²) in [5, 5.41) is 3.14. The predicted molar refractivity (Wildman–Crippen MR) is 64.6 cm³/mol. The molecular formula is C11H21ClN2O. The summed E-state index contributed by atoms with van der Waals surface area (Å²) in [5.74, 6) is 0.816. The molecule has 4 heteroatoms. The van der Waals surface area contributed by atoms with Crippen molar-refractivity contribution in [3.8, 4) is 0 Å². The second-order valence-electron chi connectivity index (χ2n) is 4.23. The highest BCUT2D eigenvalue weighted by atomic mass is 35.5. The Labute approximate surface area is 97.1 Å². The molecule has 0 aromatic heterocycles. The van der Waals surface area contributed by atoms with Gasteiger partial charge in [-0.05, 0) is 24.8 Å². The summed E-state index contributed by atoms with van der Waals surface area (Å²) < 4.78 is 0. The third-order valence-electron chi connectivity index (χ3n) is 2.09. The van der Waals surface area contributed by atoms with Crippen LogP contribution in [-0.4, -0.2) is 19.0 Å². The zero-order chi connectivity index (χ0) is 11.8. The maximum absolute atomic E-state index is 11.4. The maximum Gasteiger partial charge on any atom is 0.220 e. The lowest BCUT2D eigenvalue weighted by Gasteiger charge is -2.16. The Morgan fingerprint density at radius 1 is 1.53 bits per heavy atom. The highest BCUT2D eigenvalue weighted by molar-refractivity contribution is 6.29. The number of carbonyl (C=O) groups is 1. The number of hydrogen-bond donors (Lipinski definition) is 2. The molecule has 1 atom stereocenters. The number of rotatable bonds is 7. The monoisotopic (exact) mass is 232 g/mol. The molecule has 0 saturated carbocycles. The number of hydrogen-bond acceptors (Lipinski definition) is 2. The third kappa shape index (κ3) is 8.45. The van der Waals surface area contributed by atoms with Crippen molar-refractivity contribution in [1.29, 1.82) is 0 Å². The maximum atomic E-state index is 11.4. The number of halogens is 1. The van der Waals surface area contributed by atoms with Crippen molar-refractivity contribution in [1.82, 2.24) is 5.32 Å². The first-order valence-electron chi connectivity index (χ1n) is 5.25. The lowest BCUT2D eigenvalue weighted by molar-refractivity contribution is -0.121. The molecular weight excluding hydrogens is 212 g/mol. The quantitative estimate of drug-likeness (QED) is 0.704. The van der Waals surface area contributed by atoms with E-state index in [1.165, 1.54) is 0 Å². The van der Waals surface area contributed by atoms with Crippen LogP contribution in [0.1, 0.15) is 26.7 Å². The highest BCUT2D eigenvalue weighted by Gasteiger charge is 2.13. The summed E-state index contributed by atoms with van der Waals surface area (Å²) in [7, 11) is 0. The normalized spacial score (nSPS) is 12.6. The van der Waals surface area contributed by atoms with Crippen molar-refractivity contribution in [2.24, 2.45) is 17.6 Å². The molecule has 3 nitrogen and oxygen atoms in total. The van der Waals surface area contributed by atoms with Crippen LogP contribution >= 0.6 is 11.6 Å². The number of carbonyl (C=O) groups excluding carboxylic acids is 1. The van der Waals surface area contributed by atoms with Crippen LogP contribution in [0.5, 0.6) is 0 Å². The zero-order valence-corrected chi connectivity index (χ0v) is 10.3. The van der Waals surface area contributed by atoms with Crippen LogP contribution in [0.15, 0.2) is 11.6 Å². The zero-order valence-electron chi connectivity index (χ0n) is 9.55. The minimum atomic E-state index is -0.00657. The SMILES string of the molecule is C=C(Cl)CNC(=O)CC(CN)CC(C)C. The Hall–Kier alpha value is -0.540. The van der Waals surface area contributed by atoms with E-state index in [1.807, 2.05) is 0 Å². The van der Waals surface area contributed by atoms with Crippen LogP contribution in [0.2, 0.25) is 0 Å². The molecule has 0 aromatic carbocycles. The predicted octanol–water partition coefficient (Wildman–Crippen LogP) is 1.87. The summed E-state index contributed by atoms with van der Waals surface area (Å²) in [6.45, 7) is 8.63. The van der Waals surface area contributed by atoms with Crippen molar-refractivity contribution in [2.45, 2.75) is 26.7 Å². The lowest BCUT2D eigenvalue weighted by atomic mass is 9.94. The van der Waals surface area contributed by atoms with Crippen LogP contribution in [-0.2, 0) is 4.79 Å². The summed E-state index contributed by atoms with van der Waals surface area (Å²) in [4.78, 5) is 11.4. The Morgan fingerprint density at radius 2 is 2.13 bits per heavy atom. The molecule has 0 heterocycles. The number of nitrogens with two attached hydrogens (primary N) is 1. The minimum Gasteiger partial charge on any atom is -0.351 e. The van der Waals surface area contributed by atoms with E-state index in [1.54, 1.807) is 0 Å². The van der Waals surface area contributed by atoms with E-state index in [9.17, 15) is 4.79 Å². The van der Waals surface area contributed by atoms with Gasteiger partial charge in [-0.1, -0.05) is 32.0 Å². The number of amides is 1. The molecule has 0 bridgehead atoms. The highest BCUT2D eigenvalue weighted by Crippen LogP contribution is 2.13. The van der Waals surface area contributed by atoms with Crippen LogP contribution in [0.3, 0.4) is 0 Å². The van der Waals surface area contributed by atoms with Gasteiger partial charge in [-0.2, -0.15) is 0 Å². The fraction of sp³-hybridized carbons (Fsp3) is 0.727. The Balaban J connectivity index is 3.85. The Morgan fingerprint density at radius 3 is 2.53 bits per heavy atom. The van der Waals surface area contributed by atoms with Gasteiger partial charge in [0.15, 0.2) is 0 Å². The fourth-order valence-corrected chi connectivity index (χ4v) is 1.53. The van der Waals surface area contributed by atoms with E-state index >= 15 is 0 Å². The molecule has 0 aliphatic heterocycles. The van der Waals surface area contributed by atoms with Crippen molar-refractivity contribution in [3.63, 3.8) is 0 Å². The molecule has 0 aliphatic rings. The molecule has 3 N–H and O–H groups in total. The van der Waals surface area contributed by atoms with Crippen LogP contribution < -0.4 is 11.1 Å².